The molecule has 0 aliphatic rings. The van der Waals surface area contributed by atoms with Gasteiger partial charge in [0.2, 0.25) is 0 Å². The third-order valence-corrected chi connectivity index (χ3v) is 10.8. The molecule has 0 rings (SSSR count). The molecule has 1 nitrogen and oxygen atoms in total. The van der Waals surface area contributed by atoms with Gasteiger partial charge in [0.25, 0.3) is 0 Å². The molecule has 0 saturated heterocycles. The van der Waals surface area contributed by atoms with Crippen LogP contribution in [0.3, 0.4) is 0 Å². The standard InChI is InChI=1S/C8H23NSi2/c1-7-11(6,8-2)9-10(3,4)5/h9H,7-8H2,1-6H3. The lowest BCUT2D eigenvalue weighted by Crippen LogP contribution is -2.58. The van der Waals surface area contributed by atoms with Crippen LogP contribution in [0.2, 0.25) is 38.3 Å². The summed E-state index contributed by atoms with van der Waals surface area (Å²) in [5, 5.41) is 0. The molecule has 0 aromatic heterocycles. The third kappa shape index (κ3) is 4.77. The van der Waals surface area contributed by atoms with E-state index in [-0.39, 0.29) is 0 Å². The van der Waals surface area contributed by atoms with Gasteiger partial charge in [-0.2, -0.15) is 0 Å². The van der Waals surface area contributed by atoms with E-state index in [0.717, 1.165) is 0 Å². The molecule has 1 N–H and O–H groups in total. The zero-order valence-corrected chi connectivity index (χ0v) is 10.9. The largest absolute Gasteiger partial charge is 0.359 e. The van der Waals surface area contributed by atoms with Crippen molar-refractivity contribution in [2.24, 2.45) is 0 Å². The molecule has 0 aliphatic heterocycles. The summed E-state index contributed by atoms with van der Waals surface area (Å²) in [6.45, 7) is 14.3. The van der Waals surface area contributed by atoms with Gasteiger partial charge < -0.3 is 4.65 Å². The summed E-state index contributed by atoms with van der Waals surface area (Å²) < 4.78 is 3.91. The first-order valence-electron chi connectivity index (χ1n) is 4.62. The Kier molecular flexibility index (Phi) is 4.01. The molecule has 0 aromatic rings. The van der Waals surface area contributed by atoms with E-state index in [0.29, 0.717) is 0 Å². The molecular formula is C8H23NSi2. The maximum absolute atomic E-state index is 3.91. The van der Waals surface area contributed by atoms with Crippen molar-refractivity contribution in [1.29, 1.82) is 0 Å². The molecule has 0 bridgehead atoms. The van der Waals surface area contributed by atoms with Gasteiger partial charge >= 0.3 is 0 Å². The van der Waals surface area contributed by atoms with Gasteiger partial charge in [-0.3, -0.25) is 0 Å². The Hall–Kier alpha value is 0.394. The van der Waals surface area contributed by atoms with E-state index in [4.69, 9.17) is 0 Å². The second-order valence-electron chi connectivity index (χ2n) is 4.64. The molecule has 0 aromatic carbocycles. The van der Waals surface area contributed by atoms with Crippen LogP contribution in [-0.2, 0) is 0 Å². The molecule has 0 atom stereocenters. The van der Waals surface area contributed by atoms with Crippen molar-refractivity contribution in [1.82, 2.24) is 4.65 Å². The number of hydrogen-bond donors (Lipinski definition) is 1. The minimum atomic E-state index is -1.02. The van der Waals surface area contributed by atoms with Crippen LogP contribution in [0.1, 0.15) is 13.8 Å². The van der Waals surface area contributed by atoms with E-state index in [1.807, 2.05) is 0 Å². The van der Waals surface area contributed by atoms with Crippen LogP contribution in [-0.4, -0.2) is 16.5 Å². The quantitative estimate of drug-likeness (QED) is 0.670. The molecule has 0 amide bonds. The molecule has 0 spiro atoms. The van der Waals surface area contributed by atoms with Gasteiger partial charge in [-0.15, -0.1) is 0 Å². The average Bonchev–Trinajstić information content (AvgIpc) is 1.84. The Morgan fingerprint density at radius 3 is 1.36 bits per heavy atom. The molecule has 11 heavy (non-hydrogen) atoms. The summed E-state index contributed by atoms with van der Waals surface area (Å²) in [5.41, 5.74) is 0. The lowest BCUT2D eigenvalue weighted by Gasteiger charge is -2.33. The normalized spacial score (nSPS) is 13.6. The lowest BCUT2D eigenvalue weighted by atomic mass is 10.9. The second kappa shape index (κ2) is 3.87. The van der Waals surface area contributed by atoms with E-state index in [9.17, 15) is 0 Å². The van der Waals surface area contributed by atoms with Crippen LogP contribution in [0.25, 0.3) is 0 Å². The Morgan fingerprint density at radius 1 is 0.909 bits per heavy atom. The van der Waals surface area contributed by atoms with Gasteiger partial charge in [-0.1, -0.05) is 40.0 Å². The summed E-state index contributed by atoms with van der Waals surface area (Å²) in [6, 6.07) is 2.74. The smallest absolute Gasteiger partial charge is 0.115 e. The molecule has 68 valence electrons. The van der Waals surface area contributed by atoms with Gasteiger partial charge in [-0.25, -0.2) is 0 Å². The Morgan fingerprint density at radius 2 is 1.27 bits per heavy atom. The summed E-state index contributed by atoms with van der Waals surface area (Å²) >= 11 is 0. The zero-order chi connectivity index (χ0) is 9.12. The predicted octanol–water partition coefficient (Wildman–Crippen LogP) is 3.03. The first-order valence-corrected chi connectivity index (χ1v) is 11.0. The number of nitrogens with one attached hydrogen (secondary N) is 1. The topological polar surface area (TPSA) is 12.0 Å². The average molecular weight is 189 g/mol. The fraction of sp³-hybridized carbons (Fsp3) is 1.00. The van der Waals surface area contributed by atoms with Crippen molar-refractivity contribution in [3.63, 3.8) is 0 Å². The van der Waals surface area contributed by atoms with Gasteiger partial charge in [0, 0.05) is 0 Å². The molecule has 0 heterocycles. The van der Waals surface area contributed by atoms with E-state index in [2.05, 4.69) is 44.7 Å². The maximum atomic E-state index is 3.91. The fourth-order valence-electron chi connectivity index (χ4n) is 1.33. The van der Waals surface area contributed by atoms with Crippen molar-refractivity contribution in [3.05, 3.63) is 0 Å². The molecule has 0 aliphatic carbocycles. The highest BCUT2D eigenvalue weighted by Gasteiger charge is 2.28. The van der Waals surface area contributed by atoms with Crippen molar-refractivity contribution < 1.29 is 0 Å². The monoisotopic (exact) mass is 189 g/mol. The predicted molar refractivity (Wildman–Crippen MR) is 59.1 cm³/mol. The number of rotatable bonds is 4. The Bertz CT molecular complexity index is 114. The van der Waals surface area contributed by atoms with Gasteiger partial charge in [-0.05, 0) is 12.1 Å². The van der Waals surface area contributed by atoms with E-state index >= 15 is 0 Å². The van der Waals surface area contributed by atoms with E-state index in [1.54, 1.807) is 0 Å². The fourth-order valence-corrected chi connectivity index (χ4v) is 10.5. The zero-order valence-electron chi connectivity index (χ0n) is 8.91. The molecule has 0 unspecified atom stereocenters. The van der Waals surface area contributed by atoms with Crippen molar-refractivity contribution in [2.45, 2.75) is 52.1 Å². The lowest BCUT2D eigenvalue weighted by molar-refractivity contribution is 1.14. The summed E-state index contributed by atoms with van der Waals surface area (Å²) in [5.74, 6) is 0. The van der Waals surface area contributed by atoms with Crippen LogP contribution >= 0.6 is 0 Å². The Labute approximate surface area is 73.8 Å². The minimum Gasteiger partial charge on any atom is -0.359 e. The summed E-state index contributed by atoms with van der Waals surface area (Å²) in [6.07, 6.45) is 0. The first kappa shape index (κ1) is 11.4. The molecule has 0 radical (unpaired) electrons. The first-order chi connectivity index (χ1) is 4.83. The number of hydrogen-bond acceptors (Lipinski definition) is 1. The minimum absolute atomic E-state index is 1.02. The Balaban J connectivity index is 4.08. The van der Waals surface area contributed by atoms with Gasteiger partial charge in [0.15, 0.2) is 0 Å². The van der Waals surface area contributed by atoms with Crippen LogP contribution in [0, 0.1) is 0 Å². The maximum Gasteiger partial charge on any atom is 0.115 e. The highest BCUT2D eigenvalue weighted by molar-refractivity contribution is 6.91. The molecule has 3 heteroatoms. The van der Waals surface area contributed by atoms with Gasteiger partial charge in [0.1, 0.15) is 16.5 Å². The van der Waals surface area contributed by atoms with Gasteiger partial charge in [0.05, 0.1) is 0 Å². The molecule has 0 saturated carbocycles. The van der Waals surface area contributed by atoms with E-state index in [1.165, 1.54) is 12.1 Å². The summed E-state index contributed by atoms with van der Waals surface area (Å²) in [7, 11) is -2.04. The van der Waals surface area contributed by atoms with Crippen LogP contribution in [0.15, 0.2) is 0 Å². The SMILES string of the molecule is CC[Si](C)(CC)N[Si](C)(C)C. The second-order valence-corrected chi connectivity index (χ2v) is 14.7. The van der Waals surface area contributed by atoms with Crippen LogP contribution in [0.5, 0.6) is 0 Å². The van der Waals surface area contributed by atoms with E-state index < -0.39 is 16.5 Å². The van der Waals surface area contributed by atoms with Crippen molar-refractivity contribution in [3.8, 4) is 0 Å². The molecular weight excluding hydrogens is 166 g/mol. The van der Waals surface area contributed by atoms with Crippen LogP contribution < -0.4 is 4.65 Å². The summed E-state index contributed by atoms with van der Waals surface area (Å²) in [4.78, 5) is 0. The van der Waals surface area contributed by atoms with Crippen molar-refractivity contribution in [2.75, 3.05) is 0 Å². The highest BCUT2D eigenvalue weighted by atomic mass is 28.4. The van der Waals surface area contributed by atoms with Crippen molar-refractivity contribution >= 4 is 16.5 Å². The third-order valence-electron chi connectivity index (χ3n) is 2.24. The molecule has 0 fully saturated rings. The van der Waals surface area contributed by atoms with Crippen LogP contribution in [0.4, 0.5) is 0 Å². The highest BCUT2D eigenvalue weighted by Crippen LogP contribution is 2.13.